The van der Waals surface area contributed by atoms with Gasteiger partial charge in [-0.25, -0.2) is 0 Å². The summed E-state index contributed by atoms with van der Waals surface area (Å²) in [5, 5.41) is 18.2. The molecule has 64 valence electrons. The molecule has 0 saturated carbocycles. The van der Waals surface area contributed by atoms with Crippen molar-refractivity contribution in [2.24, 2.45) is 5.73 Å². The summed E-state index contributed by atoms with van der Waals surface area (Å²) in [5.74, 6) is 0.0671. The summed E-state index contributed by atoms with van der Waals surface area (Å²) in [4.78, 5) is 0. The van der Waals surface area contributed by atoms with Crippen molar-refractivity contribution in [3.05, 3.63) is 36.0 Å². The van der Waals surface area contributed by atoms with Gasteiger partial charge in [0.1, 0.15) is 11.5 Å². The normalized spacial score (nSPS) is 9.67. The van der Waals surface area contributed by atoms with Crippen LogP contribution < -0.4 is 5.73 Å². The van der Waals surface area contributed by atoms with Crippen LogP contribution in [0.1, 0.15) is 5.56 Å². The Kier molecular flexibility index (Phi) is 2.24. The van der Waals surface area contributed by atoms with E-state index in [2.05, 4.69) is 6.58 Å². The van der Waals surface area contributed by atoms with Crippen LogP contribution in [-0.2, 0) is 6.42 Å². The van der Waals surface area contributed by atoms with Crippen molar-refractivity contribution in [1.29, 1.82) is 0 Å². The lowest BCUT2D eigenvalue weighted by molar-refractivity contribution is 0.449. The summed E-state index contributed by atoms with van der Waals surface area (Å²) in [5.41, 5.74) is 6.62. The van der Waals surface area contributed by atoms with Gasteiger partial charge in [-0.2, -0.15) is 0 Å². The highest BCUT2D eigenvalue weighted by atomic mass is 16.3. The summed E-state index contributed by atoms with van der Waals surface area (Å²) in [7, 11) is 0. The van der Waals surface area contributed by atoms with Gasteiger partial charge in [0.25, 0.3) is 0 Å². The number of nitrogens with two attached hydrogens (primary N) is 1. The summed E-state index contributed by atoms with van der Waals surface area (Å²) in [6, 6.07) is 4.35. The fourth-order valence-electron chi connectivity index (χ4n) is 1.02. The van der Waals surface area contributed by atoms with Gasteiger partial charge in [-0.15, -0.1) is 0 Å². The number of hydrogen-bond acceptors (Lipinski definition) is 3. The van der Waals surface area contributed by atoms with Crippen LogP contribution >= 0.6 is 0 Å². The first-order valence-corrected chi connectivity index (χ1v) is 3.53. The predicted molar refractivity (Wildman–Crippen MR) is 46.8 cm³/mol. The topological polar surface area (TPSA) is 66.5 Å². The van der Waals surface area contributed by atoms with Gasteiger partial charge in [-0.3, -0.25) is 0 Å². The standard InChI is InChI=1S/C9H11NO2/c1-6(10)2-7-3-8(11)5-9(12)4-7/h3-5,11-12H,1-2,10H2. The lowest BCUT2D eigenvalue weighted by atomic mass is 10.1. The number of phenols is 2. The Balaban J connectivity index is 2.93. The number of phenolic OH excluding ortho intramolecular Hbond substituents is 2. The van der Waals surface area contributed by atoms with E-state index < -0.39 is 0 Å². The van der Waals surface area contributed by atoms with E-state index in [0.29, 0.717) is 12.1 Å². The van der Waals surface area contributed by atoms with Crippen LogP contribution in [0, 0.1) is 0 Å². The average molecular weight is 165 g/mol. The Labute approximate surface area is 70.8 Å². The van der Waals surface area contributed by atoms with Gasteiger partial charge >= 0.3 is 0 Å². The third-order valence-electron chi connectivity index (χ3n) is 1.39. The summed E-state index contributed by atoms with van der Waals surface area (Å²) < 4.78 is 0. The molecular formula is C9H11NO2. The summed E-state index contributed by atoms with van der Waals surface area (Å²) in [6.45, 7) is 3.52. The Morgan fingerprint density at radius 1 is 1.25 bits per heavy atom. The van der Waals surface area contributed by atoms with Crippen molar-refractivity contribution >= 4 is 0 Å². The molecule has 12 heavy (non-hydrogen) atoms. The molecule has 0 aliphatic heterocycles. The van der Waals surface area contributed by atoms with Crippen molar-refractivity contribution in [2.45, 2.75) is 6.42 Å². The zero-order valence-corrected chi connectivity index (χ0v) is 6.62. The molecule has 0 atom stereocenters. The van der Waals surface area contributed by atoms with Crippen molar-refractivity contribution in [3.63, 3.8) is 0 Å². The molecule has 4 N–H and O–H groups in total. The highest BCUT2D eigenvalue weighted by Crippen LogP contribution is 2.21. The molecule has 3 heteroatoms. The second-order valence-electron chi connectivity index (χ2n) is 2.69. The van der Waals surface area contributed by atoms with Crippen molar-refractivity contribution in [1.82, 2.24) is 0 Å². The van der Waals surface area contributed by atoms with Gasteiger partial charge in [0.2, 0.25) is 0 Å². The van der Waals surface area contributed by atoms with Crippen LogP contribution in [0.4, 0.5) is 0 Å². The predicted octanol–water partition coefficient (Wildman–Crippen LogP) is 1.11. The summed E-state index contributed by atoms with van der Waals surface area (Å²) >= 11 is 0. The van der Waals surface area contributed by atoms with E-state index in [-0.39, 0.29) is 11.5 Å². The van der Waals surface area contributed by atoms with Gasteiger partial charge in [-0.1, -0.05) is 6.58 Å². The zero-order valence-electron chi connectivity index (χ0n) is 6.62. The van der Waals surface area contributed by atoms with Crippen LogP contribution in [0.5, 0.6) is 11.5 Å². The molecule has 0 amide bonds. The van der Waals surface area contributed by atoms with E-state index in [4.69, 9.17) is 15.9 Å². The van der Waals surface area contributed by atoms with E-state index in [1.165, 1.54) is 18.2 Å². The molecule has 0 fully saturated rings. The Hall–Kier alpha value is -1.64. The maximum atomic E-state index is 9.08. The van der Waals surface area contributed by atoms with Crippen LogP contribution in [-0.4, -0.2) is 10.2 Å². The zero-order chi connectivity index (χ0) is 9.14. The van der Waals surface area contributed by atoms with Gasteiger partial charge in [0, 0.05) is 18.2 Å². The molecule has 0 saturated heterocycles. The maximum Gasteiger partial charge on any atom is 0.119 e. The first-order chi connectivity index (χ1) is 5.58. The smallest absolute Gasteiger partial charge is 0.119 e. The number of hydrogen-bond donors (Lipinski definition) is 3. The van der Waals surface area contributed by atoms with Crippen LogP contribution in [0.3, 0.4) is 0 Å². The van der Waals surface area contributed by atoms with Crippen molar-refractivity contribution in [3.8, 4) is 11.5 Å². The fraction of sp³-hybridized carbons (Fsp3) is 0.111. The Morgan fingerprint density at radius 2 is 1.75 bits per heavy atom. The number of aromatic hydroxyl groups is 2. The van der Waals surface area contributed by atoms with Crippen molar-refractivity contribution < 1.29 is 10.2 Å². The Bertz CT molecular complexity index is 287. The third kappa shape index (κ3) is 2.20. The first kappa shape index (κ1) is 8.46. The average Bonchev–Trinajstić information content (AvgIpc) is 1.81. The molecule has 0 aromatic heterocycles. The highest BCUT2D eigenvalue weighted by molar-refractivity contribution is 5.37. The van der Waals surface area contributed by atoms with E-state index in [1.807, 2.05) is 0 Å². The molecule has 0 spiro atoms. The molecule has 0 bridgehead atoms. The van der Waals surface area contributed by atoms with Crippen LogP contribution in [0.25, 0.3) is 0 Å². The molecule has 0 heterocycles. The molecule has 1 aromatic carbocycles. The van der Waals surface area contributed by atoms with Gasteiger partial charge in [-0.05, 0) is 17.7 Å². The minimum Gasteiger partial charge on any atom is -0.508 e. The van der Waals surface area contributed by atoms with Crippen LogP contribution in [0.15, 0.2) is 30.5 Å². The van der Waals surface area contributed by atoms with Gasteiger partial charge in [0.15, 0.2) is 0 Å². The molecular weight excluding hydrogens is 154 g/mol. The third-order valence-corrected chi connectivity index (χ3v) is 1.39. The van der Waals surface area contributed by atoms with E-state index in [0.717, 1.165) is 5.56 Å². The number of benzene rings is 1. The van der Waals surface area contributed by atoms with E-state index in [1.54, 1.807) is 0 Å². The largest absolute Gasteiger partial charge is 0.508 e. The lowest BCUT2D eigenvalue weighted by Gasteiger charge is -2.02. The molecule has 1 rings (SSSR count). The Morgan fingerprint density at radius 3 is 2.17 bits per heavy atom. The van der Waals surface area contributed by atoms with Crippen LogP contribution in [0.2, 0.25) is 0 Å². The highest BCUT2D eigenvalue weighted by Gasteiger charge is 1.98. The maximum absolute atomic E-state index is 9.08. The molecule has 0 aliphatic carbocycles. The molecule has 1 aromatic rings. The molecule has 0 radical (unpaired) electrons. The van der Waals surface area contributed by atoms with Gasteiger partial charge in [0.05, 0.1) is 0 Å². The lowest BCUT2D eigenvalue weighted by Crippen LogP contribution is -1.98. The van der Waals surface area contributed by atoms with E-state index in [9.17, 15) is 0 Å². The molecule has 3 nitrogen and oxygen atoms in total. The van der Waals surface area contributed by atoms with Crippen molar-refractivity contribution in [2.75, 3.05) is 0 Å². The minimum atomic E-state index is 0.0336. The summed E-state index contributed by atoms with van der Waals surface area (Å²) in [6.07, 6.45) is 0.460. The molecule has 0 unspecified atom stereocenters. The van der Waals surface area contributed by atoms with Gasteiger partial charge < -0.3 is 15.9 Å². The SMILES string of the molecule is C=C(N)Cc1cc(O)cc(O)c1. The number of rotatable bonds is 2. The van der Waals surface area contributed by atoms with E-state index >= 15 is 0 Å². The minimum absolute atomic E-state index is 0.0336. The monoisotopic (exact) mass is 165 g/mol. The fourth-order valence-corrected chi connectivity index (χ4v) is 1.02. The second kappa shape index (κ2) is 3.17. The quantitative estimate of drug-likeness (QED) is 0.615. The first-order valence-electron chi connectivity index (χ1n) is 3.53. The molecule has 0 aliphatic rings. The second-order valence-corrected chi connectivity index (χ2v) is 2.69. The number of allylic oxidation sites excluding steroid dienone is 1.